The van der Waals surface area contributed by atoms with Crippen molar-refractivity contribution in [3.8, 4) is 5.69 Å². The molecule has 1 amide bonds. The van der Waals surface area contributed by atoms with Crippen molar-refractivity contribution in [2.75, 3.05) is 10.8 Å². The molecule has 0 atom stereocenters. The van der Waals surface area contributed by atoms with Crippen LogP contribution in [0.25, 0.3) is 5.69 Å². The molecule has 202 valence electrons. The summed E-state index contributed by atoms with van der Waals surface area (Å²) in [4.78, 5) is 13.1. The quantitative estimate of drug-likeness (QED) is 0.234. The Morgan fingerprint density at radius 1 is 0.949 bits per heavy atom. The van der Waals surface area contributed by atoms with Gasteiger partial charge in [-0.05, 0) is 82.1 Å². The van der Waals surface area contributed by atoms with Gasteiger partial charge >= 0.3 is 0 Å². The maximum atomic E-state index is 14.4. The summed E-state index contributed by atoms with van der Waals surface area (Å²) in [6, 6.07) is 20.3. The summed E-state index contributed by atoms with van der Waals surface area (Å²) in [5.41, 5.74) is 8.02. The van der Waals surface area contributed by atoms with Crippen LogP contribution in [0.2, 0.25) is 0 Å². The van der Waals surface area contributed by atoms with E-state index in [9.17, 15) is 17.6 Å². The molecule has 0 aliphatic heterocycles. The van der Waals surface area contributed by atoms with Crippen molar-refractivity contribution >= 4 is 27.8 Å². The van der Waals surface area contributed by atoms with Crippen LogP contribution in [0.15, 0.2) is 82.8 Å². The molecule has 0 aliphatic carbocycles. The fourth-order valence-electron chi connectivity index (χ4n) is 4.39. The normalized spacial score (nSPS) is 11.6. The van der Waals surface area contributed by atoms with Gasteiger partial charge in [0.25, 0.3) is 15.9 Å². The highest BCUT2D eigenvalue weighted by molar-refractivity contribution is 7.92. The van der Waals surface area contributed by atoms with Crippen molar-refractivity contribution in [2.24, 2.45) is 5.10 Å². The summed E-state index contributed by atoms with van der Waals surface area (Å²) in [7, 11) is -4.04. The van der Waals surface area contributed by atoms with Gasteiger partial charge in [0.2, 0.25) is 0 Å². The molecule has 0 unspecified atom stereocenters. The van der Waals surface area contributed by atoms with Crippen LogP contribution in [0, 0.1) is 40.4 Å². The number of carbonyl (C=O) groups excluding carboxylic acids is 1. The molecular formula is C30H31FN4O3S. The Bertz CT molecular complexity index is 1660. The average molecular weight is 547 g/mol. The number of nitrogens with one attached hydrogen (secondary N) is 1. The van der Waals surface area contributed by atoms with Gasteiger partial charge in [-0.15, -0.1) is 0 Å². The molecule has 3 aromatic carbocycles. The fraction of sp³-hybridized carbons (Fsp3) is 0.200. The predicted molar refractivity (Wildman–Crippen MR) is 153 cm³/mol. The van der Waals surface area contributed by atoms with Gasteiger partial charge in [-0.3, -0.25) is 9.10 Å². The third kappa shape index (κ3) is 5.93. The lowest BCUT2D eigenvalue weighted by Crippen LogP contribution is -2.40. The molecule has 1 heterocycles. The van der Waals surface area contributed by atoms with Gasteiger partial charge in [0, 0.05) is 17.0 Å². The van der Waals surface area contributed by atoms with Gasteiger partial charge < -0.3 is 4.57 Å². The second-order valence-corrected chi connectivity index (χ2v) is 11.4. The highest BCUT2D eigenvalue weighted by Crippen LogP contribution is 2.28. The number of anilines is 1. The van der Waals surface area contributed by atoms with Gasteiger partial charge in [-0.25, -0.2) is 18.2 Å². The summed E-state index contributed by atoms with van der Waals surface area (Å²) in [6.07, 6.45) is 1.47. The van der Waals surface area contributed by atoms with Crippen LogP contribution in [0.1, 0.15) is 33.6 Å². The number of nitrogens with zero attached hydrogens (tertiary/aromatic N) is 3. The van der Waals surface area contributed by atoms with Gasteiger partial charge in [-0.1, -0.05) is 42.0 Å². The van der Waals surface area contributed by atoms with Crippen molar-refractivity contribution in [2.45, 2.75) is 39.5 Å². The minimum Gasteiger partial charge on any atom is -0.315 e. The van der Waals surface area contributed by atoms with E-state index in [1.54, 1.807) is 47.9 Å². The lowest BCUT2D eigenvalue weighted by atomic mass is 10.1. The van der Waals surface area contributed by atoms with E-state index < -0.39 is 22.5 Å². The molecule has 7 nitrogen and oxygen atoms in total. The molecule has 4 aromatic rings. The van der Waals surface area contributed by atoms with Gasteiger partial charge in [0.15, 0.2) is 0 Å². The molecule has 0 spiro atoms. The number of halogens is 1. The molecule has 4 rings (SSSR count). The van der Waals surface area contributed by atoms with Gasteiger partial charge in [-0.2, -0.15) is 5.10 Å². The van der Waals surface area contributed by atoms with E-state index in [2.05, 4.69) is 10.5 Å². The molecule has 39 heavy (non-hydrogen) atoms. The second-order valence-electron chi connectivity index (χ2n) is 9.52. The van der Waals surface area contributed by atoms with Gasteiger partial charge in [0.1, 0.15) is 12.4 Å². The number of para-hydroxylation sites is 1. The second kappa shape index (κ2) is 11.2. The first-order valence-corrected chi connectivity index (χ1v) is 13.9. The third-order valence-corrected chi connectivity index (χ3v) is 8.26. The summed E-state index contributed by atoms with van der Waals surface area (Å²) >= 11 is 0. The van der Waals surface area contributed by atoms with E-state index in [-0.39, 0.29) is 10.7 Å². The van der Waals surface area contributed by atoms with Crippen LogP contribution in [0.5, 0.6) is 0 Å². The minimum atomic E-state index is -4.04. The maximum Gasteiger partial charge on any atom is 0.264 e. The van der Waals surface area contributed by atoms with E-state index in [1.165, 1.54) is 24.4 Å². The largest absolute Gasteiger partial charge is 0.315 e. The van der Waals surface area contributed by atoms with Crippen LogP contribution in [-0.2, 0) is 14.8 Å². The molecule has 0 saturated heterocycles. The third-order valence-electron chi connectivity index (χ3n) is 6.49. The molecule has 0 radical (unpaired) electrons. The smallest absolute Gasteiger partial charge is 0.264 e. The van der Waals surface area contributed by atoms with Crippen LogP contribution in [0.4, 0.5) is 10.1 Å². The monoisotopic (exact) mass is 546 g/mol. The number of benzene rings is 3. The summed E-state index contributed by atoms with van der Waals surface area (Å²) in [6.45, 7) is 8.76. The number of hydrogen-bond donors (Lipinski definition) is 1. The molecule has 0 saturated carbocycles. The Morgan fingerprint density at radius 3 is 2.31 bits per heavy atom. The van der Waals surface area contributed by atoms with Crippen molar-refractivity contribution in [1.29, 1.82) is 0 Å². The molecule has 9 heteroatoms. The number of amides is 1. The zero-order valence-electron chi connectivity index (χ0n) is 22.6. The number of rotatable bonds is 8. The standard InChI is InChI=1S/C30H31FN4O3S/c1-20-11-14-26(15-12-20)39(37,38)34(29-16-21(2)10-13-22(29)3)19-30(36)33-32-18-25-17-23(4)35(24(25)5)28-9-7-6-8-27(28)31/h6-18H,19H2,1-5H3,(H,33,36)/b32-18-. The fourth-order valence-corrected chi connectivity index (χ4v) is 5.86. The average Bonchev–Trinajstić information content (AvgIpc) is 3.17. The number of aryl methyl sites for hydroxylation is 4. The Labute approximate surface area is 228 Å². The van der Waals surface area contributed by atoms with Gasteiger partial charge in [0.05, 0.1) is 22.5 Å². The lowest BCUT2D eigenvalue weighted by Gasteiger charge is -2.25. The Hall–Kier alpha value is -4.24. The number of aromatic nitrogens is 1. The summed E-state index contributed by atoms with van der Waals surface area (Å²) in [5, 5.41) is 4.07. The number of carbonyl (C=O) groups is 1. The highest BCUT2D eigenvalue weighted by atomic mass is 32.2. The summed E-state index contributed by atoms with van der Waals surface area (Å²) in [5.74, 6) is -0.955. The zero-order valence-corrected chi connectivity index (χ0v) is 23.4. The van der Waals surface area contributed by atoms with Crippen molar-refractivity contribution < 1.29 is 17.6 Å². The summed E-state index contributed by atoms with van der Waals surface area (Å²) < 4.78 is 44.6. The molecule has 0 bridgehead atoms. The Balaban J connectivity index is 1.59. The SMILES string of the molecule is Cc1ccc(S(=O)(=O)N(CC(=O)N/N=C\c2cc(C)n(-c3ccccc3F)c2C)c2cc(C)ccc2C)cc1. The van der Waals surface area contributed by atoms with E-state index in [0.717, 1.165) is 26.8 Å². The minimum absolute atomic E-state index is 0.0888. The van der Waals surface area contributed by atoms with Crippen LogP contribution >= 0.6 is 0 Å². The predicted octanol–water partition coefficient (Wildman–Crippen LogP) is 5.50. The number of hydrogen-bond acceptors (Lipinski definition) is 4. The number of sulfonamides is 1. The van der Waals surface area contributed by atoms with Crippen molar-refractivity contribution in [3.63, 3.8) is 0 Å². The Morgan fingerprint density at radius 2 is 1.62 bits per heavy atom. The van der Waals surface area contributed by atoms with Crippen molar-refractivity contribution in [3.05, 3.63) is 112 Å². The molecule has 1 aromatic heterocycles. The topological polar surface area (TPSA) is 83.8 Å². The molecule has 0 fully saturated rings. The number of hydrazone groups is 1. The zero-order chi connectivity index (χ0) is 28.3. The van der Waals surface area contributed by atoms with E-state index in [0.29, 0.717) is 22.5 Å². The first-order chi connectivity index (χ1) is 18.5. The first-order valence-electron chi connectivity index (χ1n) is 12.4. The van der Waals surface area contributed by atoms with E-state index in [1.807, 2.05) is 45.9 Å². The molecule has 1 N–H and O–H groups in total. The molecule has 0 aliphatic rings. The highest BCUT2D eigenvalue weighted by Gasteiger charge is 2.28. The lowest BCUT2D eigenvalue weighted by molar-refractivity contribution is -0.119. The van der Waals surface area contributed by atoms with Crippen LogP contribution in [0.3, 0.4) is 0 Å². The van der Waals surface area contributed by atoms with Crippen LogP contribution in [-0.4, -0.2) is 31.7 Å². The molecular weight excluding hydrogens is 515 g/mol. The Kier molecular flexibility index (Phi) is 8.01. The maximum absolute atomic E-state index is 14.4. The van der Waals surface area contributed by atoms with E-state index in [4.69, 9.17) is 0 Å². The van der Waals surface area contributed by atoms with E-state index >= 15 is 0 Å². The van der Waals surface area contributed by atoms with Crippen LogP contribution < -0.4 is 9.73 Å². The van der Waals surface area contributed by atoms with Crippen molar-refractivity contribution in [1.82, 2.24) is 9.99 Å². The first kappa shape index (κ1) is 27.8.